The van der Waals surface area contributed by atoms with Crippen molar-refractivity contribution in [3.05, 3.63) is 71.7 Å². The van der Waals surface area contributed by atoms with Crippen LogP contribution in [-0.4, -0.2) is 51.2 Å². The van der Waals surface area contributed by atoms with Gasteiger partial charge in [0.15, 0.2) is 0 Å². The molecule has 3 aromatic rings. The Kier molecular flexibility index (Phi) is 9.21. The maximum Gasteiger partial charge on any atom is 0.227 e. The number of aliphatic hydroxyl groups excluding tert-OH is 1. The van der Waals surface area contributed by atoms with Gasteiger partial charge in [-0.2, -0.15) is 5.10 Å². The summed E-state index contributed by atoms with van der Waals surface area (Å²) in [6, 6.07) is 16.0. The van der Waals surface area contributed by atoms with Gasteiger partial charge in [0.05, 0.1) is 35.8 Å². The summed E-state index contributed by atoms with van der Waals surface area (Å²) in [6.45, 7) is 11.4. The van der Waals surface area contributed by atoms with E-state index < -0.39 is 6.10 Å². The second kappa shape index (κ2) is 12.1. The third-order valence-corrected chi connectivity index (χ3v) is 5.81. The van der Waals surface area contributed by atoms with Crippen molar-refractivity contribution in [2.45, 2.75) is 65.8 Å². The summed E-state index contributed by atoms with van der Waals surface area (Å²) in [7, 11) is 0. The number of nitrogens with zero attached hydrogens (tertiary/aromatic N) is 3. The first-order valence-corrected chi connectivity index (χ1v) is 11.9. The van der Waals surface area contributed by atoms with E-state index in [0.29, 0.717) is 24.7 Å². The molecule has 1 N–H and O–H groups in total. The molecule has 0 aliphatic carbocycles. The topological polar surface area (TPSA) is 59.8 Å². The van der Waals surface area contributed by atoms with Crippen LogP contribution >= 0.6 is 0 Å². The molecule has 0 fully saturated rings. The van der Waals surface area contributed by atoms with Crippen molar-refractivity contribution in [1.82, 2.24) is 14.7 Å². The number of halogens is 1. The monoisotopic (exact) mass is 469 g/mol. The van der Waals surface area contributed by atoms with E-state index in [4.69, 9.17) is 14.6 Å². The van der Waals surface area contributed by atoms with Crippen LogP contribution in [0.15, 0.2) is 54.6 Å². The van der Waals surface area contributed by atoms with E-state index in [2.05, 4.69) is 18.7 Å². The smallest absolute Gasteiger partial charge is 0.227 e. The van der Waals surface area contributed by atoms with E-state index in [1.54, 1.807) is 16.8 Å². The fourth-order valence-corrected chi connectivity index (χ4v) is 3.67. The number of rotatable bonds is 12. The minimum Gasteiger partial charge on any atom is -0.439 e. The number of aliphatic hydroxyl groups is 1. The van der Waals surface area contributed by atoms with Gasteiger partial charge in [0.2, 0.25) is 5.88 Å². The second-order valence-corrected chi connectivity index (χ2v) is 8.90. The van der Waals surface area contributed by atoms with Crippen LogP contribution in [-0.2, 0) is 11.3 Å². The average molecular weight is 470 g/mol. The Labute approximate surface area is 201 Å². The van der Waals surface area contributed by atoms with E-state index in [1.807, 2.05) is 51.1 Å². The van der Waals surface area contributed by atoms with Gasteiger partial charge < -0.3 is 14.6 Å². The Morgan fingerprint density at radius 2 is 1.74 bits per heavy atom. The Hall–Kier alpha value is -2.74. The maximum atomic E-state index is 13.5. The standard InChI is InChI=1S/C27H36FN3O3/c1-6-20(4)30(16-24(32)18-33-19(2)3)17-26-21(5)29-31(23-10-8-7-9-11-23)27(26)34-25-14-12-22(28)13-15-25/h7-15,19-20,24,32H,6,16-18H2,1-5H3. The van der Waals surface area contributed by atoms with E-state index in [0.717, 1.165) is 23.4 Å². The zero-order valence-corrected chi connectivity index (χ0v) is 20.7. The van der Waals surface area contributed by atoms with E-state index in [9.17, 15) is 9.50 Å². The first-order chi connectivity index (χ1) is 16.3. The summed E-state index contributed by atoms with van der Waals surface area (Å²) in [4.78, 5) is 2.23. The number of aromatic nitrogens is 2. The van der Waals surface area contributed by atoms with Gasteiger partial charge in [0.25, 0.3) is 0 Å². The molecule has 34 heavy (non-hydrogen) atoms. The van der Waals surface area contributed by atoms with Crippen LogP contribution in [0.3, 0.4) is 0 Å². The number of para-hydroxylation sites is 1. The van der Waals surface area contributed by atoms with Gasteiger partial charge in [0.1, 0.15) is 11.6 Å². The molecule has 0 amide bonds. The zero-order chi connectivity index (χ0) is 24.7. The summed E-state index contributed by atoms with van der Waals surface area (Å²) in [6.07, 6.45) is 0.383. The van der Waals surface area contributed by atoms with Crippen LogP contribution in [0, 0.1) is 12.7 Å². The van der Waals surface area contributed by atoms with E-state index in [1.165, 1.54) is 12.1 Å². The molecule has 2 atom stereocenters. The molecule has 7 heteroatoms. The zero-order valence-electron chi connectivity index (χ0n) is 20.7. The lowest BCUT2D eigenvalue weighted by molar-refractivity contribution is -0.0150. The van der Waals surface area contributed by atoms with Gasteiger partial charge in [-0.3, -0.25) is 4.90 Å². The lowest BCUT2D eigenvalue weighted by Crippen LogP contribution is -2.40. The van der Waals surface area contributed by atoms with Crippen molar-refractivity contribution in [2.75, 3.05) is 13.2 Å². The fourth-order valence-electron chi connectivity index (χ4n) is 3.67. The molecule has 0 bridgehead atoms. The lowest BCUT2D eigenvalue weighted by Gasteiger charge is -2.30. The Morgan fingerprint density at radius 1 is 1.06 bits per heavy atom. The molecule has 6 nitrogen and oxygen atoms in total. The van der Waals surface area contributed by atoms with Gasteiger partial charge in [-0.25, -0.2) is 9.07 Å². The highest BCUT2D eigenvalue weighted by Crippen LogP contribution is 2.32. The fraction of sp³-hybridized carbons (Fsp3) is 0.444. The molecule has 0 spiro atoms. The van der Waals surface area contributed by atoms with Crippen LogP contribution in [0.5, 0.6) is 11.6 Å². The molecule has 2 unspecified atom stereocenters. The summed E-state index contributed by atoms with van der Waals surface area (Å²) in [5.74, 6) is 0.789. The van der Waals surface area contributed by atoms with Crippen molar-refractivity contribution < 1.29 is 19.0 Å². The van der Waals surface area contributed by atoms with Crippen molar-refractivity contribution in [1.29, 1.82) is 0 Å². The minimum atomic E-state index is -0.609. The highest BCUT2D eigenvalue weighted by atomic mass is 19.1. The van der Waals surface area contributed by atoms with Gasteiger partial charge in [-0.05, 0) is 70.5 Å². The van der Waals surface area contributed by atoms with Gasteiger partial charge in [-0.15, -0.1) is 0 Å². The summed E-state index contributed by atoms with van der Waals surface area (Å²) < 4.78 is 27.2. The molecule has 3 rings (SSSR count). The Morgan fingerprint density at radius 3 is 2.35 bits per heavy atom. The van der Waals surface area contributed by atoms with Crippen LogP contribution in [0.4, 0.5) is 4.39 Å². The normalized spacial score (nSPS) is 13.4. The number of ether oxygens (including phenoxy) is 2. The number of hydrogen-bond donors (Lipinski definition) is 1. The summed E-state index contributed by atoms with van der Waals surface area (Å²) >= 11 is 0. The molecule has 0 saturated heterocycles. The molecule has 1 heterocycles. The molecular formula is C27H36FN3O3. The number of hydrogen-bond acceptors (Lipinski definition) is 5. The van der Waals surface area contributed by atoms with Crippen molar-refractivity contribution in [3.63, 3.8) is 0 Å². The SMILES string of the molecule is CCC(C)N(Cc1c(C)nn(-c2ccccc2)c1Oc1ccc(F)cc1)CC(O)COC(C)C. The molecule has 0 aliphatic heterocycles. The van der Waals surface area contributed by atoms with Crippen LogP contribution in [0.1, 0.15) is 45.4 Å². The van der Waals surface area contributed by atoms with Crippen LogP contribution in [0.2, 0.25) is 0 Å². The molecular weight excluding hydrogens is 433 g/mol. The van der Waals surface area contributed by atoms with E-state index >= 15 is 0 Å². The Bertz CT molecular complexity index is 1020. The van der Waals surface area contributed by atoms with Gasteiger partial charge in [0, 0.05) is 19.1 Å². The van der Waals surface area contributed by atoms with Gasteiger partial charge >= 0.3 is 0 Å². The predicted molar refractivity (Wildman–Crippen MR) is 132 cm³/mol. The molecule has 2 aromatic carbocycles. The van der Waals surface area contributed by atoms with Crippen molar-refractivity contribution >= 4 is 0 Å². The highest BCUT2D eigenvalue weighted by molar-refractivity contribution is 5.43. The first-order valence-electron chi connectivity index (χ1n) is 11.9. The molecule has 0 radical (unpaired) electrons. The third kappa shape index (κ3) is 6.88. The maximum absolute atomic E-state index is 13.5. The molecule has 184 valence electrons. The average Bonchev–Trinajstić information content (AvgIpc) is 3.13. The number of aryl methyl sites for hydroxylation is 1. The second-order valence-electron chi connectivity index (χ2n) is 8.90. The lowest BCUT2D eigenvalue weighted by atomic mass is 10.1. The predicted octanol–water partition coefficient (Wildman–Crippen LogP) is 5.50. The molecule has 0 aliphatic rings. The first kappa shape index (κ1) is 25.9. The van der Waals surface area contributed by atoms with Crippen molar-refractivity contribution in [2.24, 2.45) is 0 Å². The van der Waals surface area contributed by atoms with Crippen LogP contribution < -0.4 is 4.74 Å². The minimum absolute atomic E-state index is 0.0637. The third-order valence-electron chi connectivity index (χ3n) is 5.81. The molecule has 0 saturated carbocycles. The number of benzene rings is 2. The van der Waals surface area contributed by atoms with Crippen LogP contribution in [0.25, 0.3) is 5.69 Å². The summed E-state index contributed by atoms with van der Waals surface area (Å²) in [5, 5.41) is 15.4. The molecule has 1 aromatic heterocycles. The quantitative estimate of drug-likeness (QED) is 0.380. The van der Waals surface area contributed by atoms with Gasteiger partial charge in [-0.1, -0.05) is 25.1 Å². The summed E-state index contributed by atoms with van der Waals surface area (Å²) in [5.41, 5.74) is 2.63. The van der Waals surface area contributed by atoms with Crippen molar-refractivity contribution in [3.8, 4) is 17.3 Å². The van der Waals surface area contributed by atoms with E-state index in [-0.39, 0.29) is 24.6 Å². The largest absolute Gasteiger partial charge is 0.439 e. The highest BCUT2D eigenvalue weighted by Gasteiger charge is 2.25. The Balaban J connectivity index is 1.95.